The molecule has 6 heteroatoms. The molecular formula is C27H29N3O3. The van der Waals surface area contributed by atoms with E-state index in [0.717, 1.165) is 80.8 Å². The van der Waals surface area contributed by atoms with E-state index >= 15 is 0 Å². The monoisotopic (exact) mass is 443 g/mol. The molecule has 170 valence electrons. The number of aryl methyl sites for hydroxylation is 1. The number of benzene rings is 2. The van der Waals surface area contributed by atoms with Crippen LogP contribution in [0, 0.1) is 17.2 Å². The molecule has 2 aromatic carbocycles. The van der Waals surface area contributed by atoms with E-state index in [2.05, 4.69) is 34.3 Å². The first-order chi connectivity index (χ1) is 16.3. The third-order valence-electron chi connectivity index (χ3n) is 7.52. The van der Waals surface area contributed by atoms with Gasteiger partial charge in [0.1, 0.15) is 0 Å². The quantitative estimate of drug-likeness (QED) is 0.618. The van der Waals surface area contributed by atoms with Gasteiger partial charge >= 0.3 is 0 Å². The van der Waals surface area contributed by atoms with Crippen molar-refractivity contribution in [1.29, 1.82) is 5.26 Å². The number of fused-ring (bicyclic) bond motifs is 3. The average Bonchev–Trinajstić information content (AvgIpc) is 3.48. The standard InChI is InChI=1S/C27H29N3O3/c28-14-19-1-3-24-22(11-19)21(15-29-24)2-4-25-23-13-27-26(32-17-33-27)12-20(23)5-8-30(25)16-18-6-9-31-10-7-18/h1,3,11-13,15,18,25,29H,2,4-10,16-17H2. The third kappa shape index (κ3) is 3.96. The predicted molar refractivity (Wildman–Crippen MR) is 125 cm³/mol. The lowest BCUT2D eigenvalue weighted by atomic mass is 9.87. The molecule has 1 unspecified atom stereocenters. The van der Waals surface area contributed by atoms with Gasteiger partial charge in [0.2, 0.25) is 6.79 Å². The van der Waals surface area contributed by atoms with Crippen molar-refractivity contribution in [3.8, 4) is 17.6 Å². The van der Waals surface area contributed by atoms with Gasteiger partial charge in [-0.15, -0.1) is 0 Å². The van der Waals surface area contributed by atoms with E-state index in [-0.39, 0.29) is 0 Å². The number of hydrogen-bond donors (Lipinski definition) is 1. The maximum atomic E-state index is 9.34. The molecule has 1 N–H and O–H groups in total. The number of hydrogen-bond acceptors (Lipinski definition) is 5. The summed E-state index contributed by atoms with van der Waals surface area (Å²) in [7, 11) is 0. The largest absolute Gasteiger partial charge is 0.454 e. The number of rotatable bonds is 5. The molecule has 1 atom stereocenters. The van der Waals surface area contributed by atoms with Gasteiger partial charge < -0.3 is 19.2 Å². The molecule has 0 bridgehead atoms. The SMILES string of the molecule is N#Cc1ccc2[nH]cc(CCC3c4cc5c(cc4CCN3CC3CCOCC3)OCO5)c2c1. The third-order valence-corrected chi connectivity index (χ3v) is 7.52. The number of nitriles is 1. The Kier molecular flexibility index (Phi) is 5.45. The summed E-state index contributed by atoms with van der Waals surface area (Å²) >= 11 is 0. The van der Waals surface area contributed by atoms with E-state index in [4.69, 9.17) is 14.2 Å². The molecule has 0 saturated carbocycles. The zero-order valence-electron chi connectivity index (χ0n) is 18.8. The predicted octanol–water partition coefficient (Wildman–Crippen LogP) is 4.73. The van der Waals surface area contributed by atoms with Crippen LogP contribution in [0.5, 0.6) is 11.5 Å². The van der Waals surface area contributed by atoms with Crippen LogP contribution >= 0.6 is 0 Å². The Morgan fingerprint density at radius 3 is 2.79 bits per heavy atom. The summed E-state index contributed by atoms with van der Waals surface area (Å²) < 4.78 is 17.0. The van der Waals surface area contributed by atoms with Gasteiger partial charge in [-0.05, 0) is 85.0 Å². The van der Waals surface area contributed by atoms with Crippen LogP contribution < -0.4 is 9.47 Å². The highest BCUT2D eigenvalue weighted by Gasteiger charge is 2.32. The van der Waals surface area contributed by atoms with Crippen molar-refractivity contribution in [3.63, 3.8) is 0 Å². The van der Waals surface area contributed by atoms with Crippen molar-refractivity contribution in [2.45, 2.75) is 38.1 Å². The van der Waals surface area contributed by atoms with Gasteiger partial charge in [-0.25, -0.2) is 0 Å². The molecule has 0 spiro atoms. The summed E-state index contributed by atoms with van der Waals surface area (Å²) in [5.74, 6) is 2.45. The van der Waals surface area contributed by atoms with Crippen molar-refractivity contribution in [2.75, 3.05) is 33.1 Å². The molecule has 3 aliphatic heterocycles. The van der Waals surface area contributed by atoms with Crippen LogP contribution in [0.4, 0.5) is 0 Å². The Hall–Kier alpha value is -3.01. The number of nitrogens with zero attached hydrogens (tertiary/aromatic N) is 2. The fraction of sp³-hybridized carbons (Fsp3) is 0.444. The summed E-state index contributed by atoms with van der Waals surface area (Å²) in [4.78, 5) is 6.07. The summed E-state index contributed by atoms with van der Waals surface area (Å²) in [6.07, 6.45) is 7.44. The molecule has 3 aliphatic rings. The first kappa shape index (κ1) is 20.6. The Bertz CT molecular complexity index is 1210. The first-order valence-corrected chi connectivity index (χ1v) is 12.0. The lowest BCUT2D eigenvalue weighted by Gasteiger charge is -2.40. The van der Waals surface area contributed by atoms with Gasteiger partial charge in [0.25, 0.3) is 0 Å². The maximum absolute atomic E-state index is 9.34. The highest BCUT2D eigenvalue weighted by atomic mass is 16.7. The normalized spacial score (nSPS) is 20.6. The van der Waals surface area contributed by atoms with Crippen LogP contribution in [0.15, 0.2) is 36.5 Å². The second-order valence-corrected chi connectivity index (χ2v) is 9.45. The molecular weight excluding hydrogens is 414 g/mol. The maximum Gasteiger partial charge on any atom is 0.231 e. The minimum atomic E-state index is 0.311. The zero-order valence-corrected chi connectivity index (χ0v) is 18.8. The smallest absolute Gasteiger partial charge is 0.231 e. The lowest BCUT2D eigenvalue weighted by Crippen LogP contribution is -2.40. The second-order valence-electron chi connectivity index (χ2n) is 9.45. The van der Waals surface area contributed by atoms with Crippen LogP contribution in [0.3, 0.4) is 0 Å². The summed E-state index contributed by atoms with van der Waals surface area (Å²) in [6.45, 7) is 4.27. The van der Waals surface area contributed by atoms with Crippen LogP contribution in [0.1, 0.15) is 47.6 Å². The minimum Gasteiger partial charge on any atom is -0.454 e. The number of ether oxygens (including phenoxy) is 3. The summed E-state index contributed by atoms with van der Waals surface area (Å²) in [5.41, 5.74) is 5.85. The summed E-state index contributed by atoms with van der Waals surface area (Å²) in [5, 5.41) is 10.5. The molecule has 1 saturated heterocycles. The highest BCUT2D eigenvalue weighted by Crippen LogP contribution is 2.42. The van der Waals surface area contributed by atoms with E-state index in [0.29, 0.717) is 24.3 Å². The van der Waals surface area contributed by atoms with Crippen molar-refractivity contribution in [1.82, 2.24) is 9.88 Å². The molecule has 3 aromatic rings. The number of H-pyrrole nitrogens is 1. The Balaban J connectivity index is 1.29. The molecule has 33 heavy (non-hydrogen) atoms. The molecule has 6 nitrogen and oxygen atoms in total. The van der Waals surface area contributed by atoms with Crippen LogP contribution in [-0.2, 0) is 17.6 Å². The minimum absolute atomic E-state index is 0.311. The average molecular weight is 444 g/mol. The van der Waals surface area contributed by atoms with Gasteiger partial charge in [0, 0.05) is 49.4 Å². The molecule has 0 amide bonds. The van der Waals surface area contributed by atoms with Gasteiger partial charge in [0.05, 0.1) is 11.6 Å². The van der Waals surface area contributed by atoms with Crippen molar-refractivity contribution >= 4 is 10.9 Å². The second kappa shape index (κ2) is 8.74. The number of nitrogens with one attached hydrogen (secondary N) is 1. The molecule has 0 radical (unpaired) electrons. The van der Waals surface area contributed by atoms with Crippen molar-refractivity contribution < 1.29 is 14.2 Å². The summed E-state index contributed by atoms with van der Waals surface area (Å²) in [6, 6.07) is 12.9. The van der Waals surface area contributed by atoms with Crippen LogP contribution in [-0.4, -0.2) is 43.0 Å². The Labute approximate surface area is 194 Å². The molecule has 6 rings (SSSR count). The fourth-order valence-electron chi connectivity index (χ4n) is 5.71. The van der Waals surface area contributed by atoms with E-state index in [1.165, 1.54) is 16.7 Å². The van der Waals surface area contributed by atoms with Gasteiger partial charge in [0.15, 0.2) is 11.5 Å². The van der Waals surface area contributed by atoms with E-state index in [1.807, 2.05) is 18.2 Å². The lowest BCUT2D eigenvalue weighted by molar-refractivity contribution is 0.0423. The van der Waals surface area contributed by atoms with Gasteiger partial charge in [-0.1, -0.05) is 0 Å². The topological polar surface area (TPSA) is 70.5 Å². The Morgan fingerprint density at radius 2 is 1.94 bits per heavy atom. The van der Waals surface area contributed by atoms with Crippen molar-refractivity contribution in [3.05, 3.63) is 58.8 Å². The number of aromatic nitrogens is 1. The molecule has 0 aliphatic carbocycles. The molecule has 4 heterocycles. The van der Waals surface area contributed by atoms with E-state index < -0.39 is 0 Å². The van der Waals surface area contributed by atoms with Crippen LogP contribution in [0.25, 0.3) is 10.9 Å². The zero-order chi connectivity index (χ0) is 22.2. The van der Waals surface area contributed by atoms with E-state index in [1.54, 1.807) is 0 Å². The van der Waals surface area contributed by atoms with Gasteiger partial charge in [-0.2, -0.15) is 5.26 Å². The number of aromatic amines is 1. The first-order valence-electron chi connectivity index (χ1n) is 12.0. The molecule has 1 aromatic heterocycles. The van der Waals surface area contributed by atoms with Crippen LogP contribution in [0.2, 0.25) is 0 Å². The van der Waals surface area contributed by atoms with E-state index in [9.17, 15) is 5.26 Å². The Morgan fingerprint density at radius 1 is 1.09 bits per heavy atom. The van der Waals surface area contributed by atoms with Gasteiger partial charge in [-0.3, -0.25) is 4.90 Å². The highest BCUT2D eigenvalue weighted by molar-refractivity contribution is 5.84. The van der Waals surface area contributed by atoms with Crippen molar-refractivity contribution in [2.24, 2.45) is 5.92 Å². The fourth-order valence-corrected chi connectivity index (χ4v) is 5.71. The molecule has 1 fully saturated rings.